The minimum Gasteiger partial charge on any atom is -0.339 e. The van der Waals surface area contributed by atoms with Crippen molar-refractivity contribution in [2.24, 2.45) is 5.73 Å². The van der Waals surface area contributed by atoms with Crippen LogP contribution < -0.4 is 11.1 Å². The molecule has 38 heavy (non-hydrogen) atoms. The van der Waals surface area contributed by atoms with E-state index in [-0.39, 0.29) is 0 Å². The molecule has 0 saturated carbocycles. The highest BCUT2D eigenvalue weighted by Gasteiger charge is 2.18. The number of unbranched alkanes of at least 4 members (excludes halogenated alkanes) is 6. The predicted molar refractivity (Wildman–Crippen MR) is 164 cm³/mol. The summed E-state index contributed by atoms with van der Waals surface area (Å²) in [6.45, 7) is 5.32. The molecule has 0 aliphatic rings. The fraction of sp³-hybridized carbons (Fsp3) is 0.455. The van der Waals surface area contributed by atoms with Gasteiger partial charge in [0.15, 0.2) is 5.82 Å². The maximum atomic E-state index is 5.56. The molecule has 0 saturated heterocycles. The lowest BCUT2D eigenvalue weighted by atomic mass is 9.98. The Morgan fingerprint density at radius 2 is 1.58 bits per heavy atom. The van der Waals surface area contributed by atoms with Crippen molar-refractivity contribution in [1.29, 1.82) is 0 Å². The van der Waals surface area contributed by atoms with Crippen LogP contribution in [0.2, 0.25) is 0 Å². The summed E-state index contributed by atoms with van der Waals surface area (Å²) in [6.07, 6.45) is 17.9. The molecule has 4 aromatic rings. The number of fused-ring (bicyclic) bond motifs is 3. The Balaban J connectivity index is 1.45. The van der Waals surface area contributed by atoms with Gasteiger partial charge >= 0.3 is 0 Å². The van der Waals surface area contributed by atoms with E-state index in [4.69, 9.17) is 15.7 Å². The van der Waals surface area contributed by atoms with E-state index in [1.807, 2.05) is 6.07 Å². The monoisotopic (exact) mass is 511 g/mol. The number of imidazole rings is 1. The van der Waals surface area contributed by atoms with Crippen LogP contribution in [0, 0.1) is 0 Å². The maximum absolute atomic E-state index is 5.56. The highest BCUT2D eigenvalue weighted by Crippen LogP contribution is 2.33. The number of pyridine rings is 1. The van der Waals surface area contributed by atoms with Crippen molar-refractivity contribution in [1.82, 2.24) is 15.0 Å². The number of nitrogens with one attached hydrogen (secondary N) is 2. The van der Waals surface area contributed by atoms with Gasteiger partial charge in [-0.2, -0.15) is 0 Å². The van der Waals surface area contributed by atoms with Crippen molar-refractivity contribution in [2.75, 3.05) is 11.9 Å². The van der Waals surface area contributed by atoms with E-state index in [1.165, 1.54) is 37.7 Å². The molecule has 0 radical (unpaired) electrons. The molecule has 0 amide bonds. The van der Waals surface area contributed by atoms with Gasteiger partial charge in [-0.1, -0.05) is 94.9 Å². The molecular weight excluding hydrogens is 466 g/mol. The number of para-hydroxylation sites is 1. The standard InChI is InChI=1S/C33H45N5/c1-3-15-26(16-4-2)32-37-30-28-18-12-13-19-29(28)36-33(31(30)38-32)35-27-22-20-25(21-23-27)17-11-9-7-5-6-8-10-14-24-34/h11-13,17-23,26H,3-10,14-16,24,34H2,1-2H3,(H,35,36)(H,37,38)/b17-11+. The molecule has 0 aliphatic heterocycles. The highest BCUT2D eigenvalue weighted by atomic mass is 15.0. The van der Waals surface area contributed by atoms with Crippen molar-refractivity contribution in [3.8, 4) is 0 Å². The van der Waals surface area contributed by atoms with Crippen LogP contribution in [-0.2, 0) is 0 Å². The molecule has 0 bridgehead atoms. The van der Waals surface area contributed by atoms with Crippen molar-refractivity contribution in [3.05, 3.63) is 66.0 Å². The van der Waals surface area contributed by atoms with Crippen LogP contribution in [0.25, 0.3) is 28.0 Å². The molecule has 5 nitrogen and oxygen atoms in total. The molecule has 2 aromatic heterocycles. The van der Waals surface area contributed by atoms with Gasteiger partial charge in [-0.25, -0.2) is 9.97 Å². The number of allylic oxidation sites excluding steroid dienone is 1. The van der Waals surface area contributed by atoms with Crippen LogP contribution in [0.15, 0.2) is 54.6 Å². The van der Waals surface area contributed by atoms with E-state index in [0.717, 1.165) is 84.3 Å². The number of hydrogen-bond acceptors (Lipinski definition) is 4. The predicted octanol–water partition coefficient (Wildman–Crippen LogP) is 9.24. The van der Waals surface area contributed by atoms with Gasteiger partial charge in [0.25, 0.3) is 0 Å². The topological polar surface area (TPSA) is 79.6 Å². The zero-order chi connectivity index (χ0) is 26.6. The third-order valence-electron chi connectivity index (χ3n) is 7.32. The van der Waals surface area contributed by atoms with E-state index in [1.54, 1.807) is 0 Å². The zero-order valence-corrected chi connectivity index (χ0v) is 23.3. The third kappa shape index (κ3) is 7.44. The number of H-pyrrole nitrogens is 1. The summed E-state index contributed by atoms with van der Waals surface area (Å²) >= 11 is 0. The number of aromatic nitrogens is 3. The Morgan fingerprint density at radius 1 is 0.868 bits per heavy atom. The molecule has 5 heteroatoms. The lowest BCUT2D eigenvalue weighted by Gasteiger charge is -2.11. The van der Waals surface area contributed by atoms with Gasteiger partial charge in [0.05, 0.1) is 5.52 Å². The van der Waals surface area contributed by atoms with Crippen molar-refractivity contribution < 1.29 is 0 Å². The van der Waals surface area contributed by atoms with Gasteiger partial charge in [-0.05, 0) is 62.4 Å². The Bertz CT molecular complexity index is 1280. The van der Waals surface area contributed by atoms with Crippen LogP contribution in [-0.4, -0.2) is 21.5 Å². The van der Waals surface area contributed by atoms with Crippen molar-refractivity contribution in [2.45, 2.75) is 90.4 Å². The van der Waals surface area contributed by atoms with Gasteiger partial charge in [-0.15, -0.1) is 0 Å². The molecular formula is C33H45N5. The van der Waals surface area contributed by atoms with E-state index in [9.17, 15) is 0 Å². The first-order valence-corrected chi connectivity index (χ1v) is 14.8. The molecule has 2 aromatic carbocycles. The minimum atomic E-state index is 0.450. The quantitative estimate of drug-likeness (QED) is 0.131. The van der Waals surface area contributed by atoms with Gasteiger partial charge in [0.1, 0.15) is 16.9 Å². The fourth-order valence-corrected chi connectivity index (χ4v) is 5.25. The lowest BCUT2D eigenvalue weighted by Crippen LogP contribution is -2.00. The van der Waals surface area contributed by atoms with Crippen LogP contribution in [0.4, 0.5) is 11.5 Å². The van der Waals surface area contributed by atoms with Crippen LogP contribution in [0.5, 0.6) is 0 Å². The second kappa shape index (κ2) is 14.7. The number of benzene rings is 2. The van der Waals surface area contributed by atoms with Gasteiger partial charge in [0, 0.05) is 17.0 Å². The smallest absolute Gasteiger partial charge is 0.157 e. The summed E-state index contributed by atoms with van der Waals surface area (Å²) in [5.74, 6) is 2.37. The normalized spacial score (nSPS) is 11.9. The summed E-state index contributed by atoms with van der Waals surface area (Å²) in [7, 11) is 0. The van der Waals surface area contributed by atoms with E-state index in [2.05, 4.69) is 78.8 Å². The Hall–Kier alpha value is -3.18. The number of anilines is 2. The minimum absolute atomic E-state index is 0.450. The SMILES string of the molecule is CCCC(CCC)c1nc2c([nH]1)c(Nc1ccc(/C=C/CCCCCCCCN)cc1)nc1ccccc12. The van der Waals surface area contributed by atoms with Crippen LogP contribution in [0.1, 0.15) is 102 Å². The Kier molecular flexibility index (Phi) is 10.8. The molecule has 0 aliphatic carbocycles. The van der Waals surface area contributed by atoms with E-state index < -0.39 is 0 Å². The fourth-order valence-electron chi connectivity index (χ4n) is 5.25. The summed E-state index contributed by atoms with van der Waals surface area (Å²) < 4.78 is 0. The second-order valence-electron chi connectivity index (χ2n) is 10.4. The molecule has 202 valence electrons. The van der Waals surface area contributed by atoms with Crippen molar-refractivity contribution in [3.63, 3.8) is 0 Å². The van der Waals surface area contributed by atoms with E-state index >= 15 is 0 Å². The molecule has 0 fully saturated rings. The Morgan fingerprint density at radius 3 is 2.32 bits per heavy atom. The third-order valence-corrected chi connectivity index (χ3v) is 7.32. The average molecular weight is 512 g/mol. The number of rotatable bonds is 16. The molecule has 4 N–H and O–H groups in total. The number of nitrogens with zero attached hydrogens (tertiary/aromatic N) is 2. The number of hydrogen-bond donors (Lipinski definition) is 3. The molecule has 0 spiro atoms. The van der Waals surface area contributed by atoms with Gasteiger partial charge in [0.2, 0.25) is 0 Å². The lowest BCUT2D eigenvalue weighted by molar-refractivity contribution is 0.539. The van der Waals surface area contributed by atoms with Gasteiger partial charge < -0.3 is 16.0 Å². The highest BCUT2D eigenvalue weighted by molar-refractivity contribution is 6.07. The van der Waals surface area contributed by atoms with Crippen molar-refractivity contribution >= 4 is 39.5 Å². The van der Waals surface area contributed by atoms with Crippen LogP contribution >= 0.6 is 0 Å². The first-order valence-electron chi connectivity index (χ1n) is 14.8. The number of nitrogens with two attached hydrogens (primary N) is 1. The van der Waals surface area contributed by atoms with E-state index in [0.29, 0.717) is 5.92 Å². The number of aromatic amines is 1. The largest absolute Gasteiger partial charge is 0.339 e. The maximum Gasteiger partial charge on any atom is 0.157 e. The summed E-state index contributed by atoms with van der Waals surface area (Å²) in [5.41, 5.74) is 10.8. The summed E-state index contributed by atoms with van der Waals surface area (Å²) in [5, 5.41) is 4.67. The van der Waals surface area contributed by atoms with Gasteiger partial charge in [-0.3, -0.25) is 0 Å². The second-order valence-corrected chi connectivity index (χ2v) is 10.4. The molecule has 4 rings (SSSR count). The molecule has 0 unspecified atom stereocenters. The summed E-state index contributed by atoms with van der Waals surface area (Å²) in [4.78, 5) is 13.8. The first-order chi connectivity index (χ1) is 18.7. The Labute approximate surface area is 228 Å². The molecule has 2 heterocycles. The zero-order valence-electron chi connectivity index (χ0n) is 23.3. The molecule has 0 atom stereocenters. The van der Waals surface area contributed by atoms with Crippen LogP contribution in [0.3, 0.4) is 0 Å². The summed E-state index contributed by atoms with van der Waals surface area (Å²) in [6, 6.07) is 16.9. The first kappa shape index (κ1) is 27.8. The average Bonchev–Trinajstić information content (AvgIpc) is 3.39.